The summed E-state index contributed by atoms with van der Waals surface area (Å²) in [5.74, 6) is 4.29. The summed E-state index contributed by atoms with van der Waals surface area (Å²) in [4.78, 5) is 0. The van der Waals surface area contributed by atoms with E-state index in [1.807, 2.05) is 0 Å². The fourth-order valence-corrected chi connectivity index (χ4v) is 3.83. The normalized spacial score (nSPS) is 12.0. The van der Waals surface area contributed by atoms with Crippen molar-refractivity contribution in [1.29, 1.82) is 0 Å². The first-order chi connectivity index (χ1) is 5.12. The van der Waals surface area contributed by atoms with Gasteiger partial charge in [-0.2, -0.15) is 0 Å². The third-order valence-corrected chi connectivity index (χ3v) is 5.08. The first-order valence-corrected chi connectivity index (χ1v) is 10.3. The number of hydrogen-bond acceptors (Lipinski definition) is 2. The van der Waals surface area contributed by atoms with Crippen molar-refractivity contribution < 1.29 is 7.53 Å². The van der Waals surface area contributed by atoms with Crippen molar-refractivity contribution in [3.05, 3.63) is 0 Å². The van der Waals surface area contributed by atoms with Crippen molar-refractivity contribution in [3.63, 3.8) is 0 Å². The molecule has 0 aromatic heterocycles. The van der Waals surface area contributed by atoms with E-state index in [4.69, 9.17) is 7.53 Å². The first-order valence-electron chi connectivity index (χ1n) is 4.40. The second-order valence-electron chi connectivity index (χ2n) is 3.10. The van der Waals surface area contributed by atoms with Crippen LogP contribution in [-0.2, 0) is 7.53 Å². The molecule has 0 radical (unpaired) electrons. The molecule has 0 aliphatic rings. The second kappa shape index (κ2) is 6.03. The van der Waals surface area contributed by atoms with Crippen LogP contribution in [0.2, 0.25) is 11.5 Å². The molecule has 0 atom stereocenters. The molecular weight excluding hydrogens is 201 g/mol. The van der Waals surface area contributed by atoms with Crippen LogP contribution in [0.3, 0.4) is 0 Å². The predicted octanol–water partition coefficient (Wildman–Crippen LogP) is 2.54. The zero-order valence-corrected chi connectivity index (χ0v) is 10.2. The van der Waals surface area contributed by atoms with Crippen molar-refractivity contribution in [2.75, 3.05) is 13.2 Å². The molecule has 0 spiro atoms. The maximum atomic E-state index is 5.65. The van der Waals surface area contributed by atoms with Gasteiger partial charge in [-0.15, -0.1) is 0 Å². The molecule has 0 heterocycles. The van der Waals surface area contributed by atoms with Gasteiger partial charge in [0.05, 0.1) is 0 Å². The van der Waals surface area contributed by atoms with Crippen LogP contribution in [0.25, 0.3) is 0 Å². The standard InChI is InChI=1S/C8H20GeO2/c1-5-7-10-9(3,4)11-8-6-2/h5-8H2,1-4H3. The van der Waals surface area contributed by atoms with Gasteiger partial charge in [-0.1, -0.05) is 0 Å². The van der Waals surface area contributed by atoms with Crippen molar-refractivity contribution in [1.82, 2.24) is 0 Å². The summed E-state index contributed by atoms with van der Waals surface area (Å²) in [6, 6.07) is 0. The van der Waals surface area contributed by atoms with E-state index in [-0.39, 0.29) is 0 Å². The van der Waals surface area contributed by atoms with Gasteiger partial charge in [0.1, 0.15) is 0 Å². The van der Waals surface area contributed by atoms with Gasteiger partial charge in [-0.25, -0.2) is 0 Å². The fraction of sp³-hybridized carbons (Fsp3) is 1.00. The average Bonchev–Trinajstić information content (AvgIpc) is 1.97. The Kier molecular flexibility index (Phi) is 6.29. The minimum atomic E-state index is -2.22. The molecule has 2 nitrogen and oxygen atoms in total. The van der Waals surface area contributed by atoms with Crippen LogP contribution in [0.5, 0.6) is 0 Å². The summed E-state index contributed by atoms with van der Waals surface area (Å²) in [5.41, 5.74) is 0. The van der Waals surface area contributed by atoms with Crippen molar-refractivity contribution in [2.45, 2.75) is 38.2 Å². The summed E-state index contributed by atoms with van der Waals surface area (Å²) in [5, 5.41) is 0. The Morgan fingerprint density at radius 3 is 1.55 bits per heavy atom. The minimum absolute atomic E-state index is 0.858. The van der Waals surface area contributed by atoms with Crippen molar-refractivity contribution in [2.24, 2.45) is 0 Å². The van der Waals surface area contributed by atoms with Gasteiger partial charge >= 0.3 is 72.9 Å². The third-order valence-electron chi connectivity index (χ3n) is 1.31. The monoisotopic (exact) mass is 222 g/mol. The Morgan fingerprint density at radius 2 is 1.27 bits per heavy atom. The molecule has 0 aliphatic heterocycles. The third kappa shape index (κ3) is 6.85. The summed E-state index contributed by atoms with van der Waals surface area (Å²) in [6.45, 7) is 5.96. The Balaban J connectivity index is 3.43. The molecule has 0 bridgehead atoms. The Hall–Kier alpha value is 0.463. The van der Waals surface area contributed by atoms with Gasteiger partial charge in [0.15, 0.2) is 0 Å². The van der Waals surface area contributed by atoms with Crippen molar-refractivity contribution >= 4 is 13.9 Å². The molecule has 0 N–H and O–H groups in total. The summed E-state index contributed by atoms with van der Waals surface area (Å²) >= 11 is -2.22. The average molecular weight is 221 g/mol. The van der Waals surface area contributed by atoms with E-state index in [1.165, 1.54) is 0 Å². The van der Waals surface area contributed by atoms with E-state index < -0.39 is 13.9 Å². The molecule has 0 fully saturated rings. The zero-order valence-electron chi connectivity index (χ0n) is 8.14. The second-order valence-corrected chi connectivity index (χ2v) is 10.2. The molecule has 0 aliphatic carbocycles. The molecule has 68 valence electrons. The maximum absolute atomic E-state index is 5.65. The SMILES string of the molecule is CCC[O][Ge]([CH3])([CH3])[O]CCC. The number of hydrogen-bond donors (Lipinski definition) is 0. The van der Waals surface area contributed by atoms with E-state index in [1.54, 1.807) is 0 Å². The number of rotatable bonds is 6. The Morgan fingerprint density at radius 1 is 0.909 bits per heavy atom. The van der Waals surface area contributed by atoms with Crippen LogP contribution in [0.15, 0.2) is 0 Å². The van der Waals surface area contributed by atoms with Gasteiger partial charge in [-0.05, 0) is 0 Å². The molecule has 0 aromatic carbocycles. The van der Waals surface area contributed by atoms with E-state index in [0.29, 0.717) is 0 Å². The van der Waals surface area contributed by atoms with Gasteiger partial charge in [-0.3, -0.25) is 0 Å². The molecule has 0 saturated heterocycles. The summed E-state index contributed by atoms with van der Waals surface area (Å²) in [7, 11) is 0. The van der Waals surface area contributed by atoms with Crippen LogP contribution < -0.4 is 0 Å². The summed E-state index contributed by atoms with van der Waals surface area (Å²) < 4.78 is 11.3. The summed E-state index contributed by atoms with van der Waals surface area (Å²) in [6.07, 6.45) is 2.17. The predicted molar refractivity (Wildman–Crippen MR) is 50.0 cm³/mol. The molecule has 0 unspecified atom stereocenters. The van der Waals surface area contributed by atoms with E-state index in [0.717, 1.165) is 26.1 Å². The van der Waals surface area contributed by atoms with E-state index in [2.05, 4.69) is 25.4 Å². The van der Waals surface area contributed by atoms with Crippen molar-refractivity contribution in [3.8, 4) is 0 Å². The molecular formula is C8H20GeO2. The molecule has 0 amide bonds. The van der Waals surface area contributed by atoms with Gasteiger partial charge in [0, 0.05) is 0 Å². The molecule has 0 aromatic rings. The first kappa shape index (κ1) is 11.5. The Bertz CT molecular complexity index is 84.1. The van der Waals surface area contributed by atoms with Gasteiger partial charge in [0.2, 0.25) is 0 Å². The molecule has 0 rings (SSSR count). The molecule has 11 heavy (non-hydrogen) atoms. The van der Waals surface area contributed by atoms with Crippen LogP contribution in [0, 0.1) is 0 Å². The quantitative estimate of drug-likeness (QED) is 0.641. The van der Waals surface area contributed by atoms with Crippen LogP contribution in [0.1, 0.15) is 26.7 Å². The topological polar surface area (TPSA) is 18.5 Å². The molecule has 3 heteroatoms. The zero-order chi connectivity index (χ0) is 8.74. The molecule has 0 saturated carbocycles. The fourth-order valence-electron chi connectivity index (χ4n) is 0.737. The van der Waals surface area contributed by atoms with E-state index >= 15 is 0 Å². The van der Waals surface area contributed by atoms with Gasteiger partial charge in [0.25, 0.3) is 0 Å². The van der Waals surface area contributed by atoms with Crippen LogP contribution in [0.4, 0.5) is 0 Å². The Labute approximate surface area is 73.3 Å². The van der Waals surface area contributed by atoms with Crippen LogP contribution >= 0.6 is 0 Å². The van der Waals surface area contributed by atoms with Crippen LogP contribution in [-0.4, -0.2) is 27.2 Å². The van der Waals surface area contributed by atoms with Gasteiger partial charge < -0.3 is 0 Å². The van der Waals surface area contributed by atoms with E-state index in [9.17, 15) is 0 Å².